The number of benzene rings is 2. The standard InChI is InChI=1S/C28H25F2N7O/c1-36-15-19(14-33-36)18-10-26-27(31-13-18)37(16-32-26)23-9-17(24-7-6-20(29)11-25(24)30)8-22(12-23)35-28(38)34-21-4-2-3-5-21/h6-16,21H,2-5H2,1H3,(H2,34,35,38). The minimum Gasteiger partial charge on any atom is -0.335 e. The zero-order chi connectivity index (χ0) is 26.2. The fraction of sp³-hybridized carbons (Fsp3) is 0.214. The van der Waals surface area contributed by atoms with Gasteiger partial charge in [0.1, 0.15) is 23.5 Å². The van der Waals surface area contributed by atoms with Crippen LogP contribution >= 0.6 is 0 Å². The Morgan fingerprint density at radius 1 is 0.974 bits per heavy atom. The number of anilines is 1. The zero-order valence-corrected chi connectivity index (χ0v) is 20.7. The number of pyridine rings is 1. The third-order valence-corrected chi connectivity index (χ3v) is 6.81. The number of hydrogen-bond acceptors (Lipinski definition) is 4. The molecule has 8 nitrogen and oxygen atoms in total. The molecule has 1 saturated carbocycles. The van der Waals surface area contributed by atoms with Crippen molar-refractivity contribution in [1.29, 1.82) is 0 Å². The summed E-state index contributed by atoms with van der Waals surface area (Å²) in [6, 6.07) is 10.4. The van der Waals surface area contributed by atoms with E-state index in [1.165, 1.54) is 12.1 Å². The summed E-state index contributed by atoms with van der Waals surface area (Å²) in [5.74, 6) is -1.36. The van der Waals surface area contributed by atoms with Gasteiger partial charge in [-0.1, -0.05) is 12.8 Å². The molecule has 10 heteroatoms. The van der Waals surface area contributed by atoms with E-state index in [1.807, 2.05) is 19.3 Å². The number of amides is 2. The summed E-state index contributed by atoms with van der Waals surface area (Å²) in [4.78, 5) is 21.9. The van der Waals surface area contributed by atoms with Crippen molar-refractivity contribution in [1.82, 2.24) is 29.6 Å². The van der Waals surface area contributed by atoms with Crippen LogP contribution in [0.15, 0.2) is 67.4 Å². The van der Waals surface area contributed by atoms with Gasteiger partial charge < -0.3 is 10.6 Å². The second-order valence-electron chi connectivity index (χ2n) is 9.56. The molecule has 0 atom stereocenters. The van der Waals surface area contributed by atoms with Gasteiger partial charge in [0.25, 0.3) is 0 Å². The molecule has 192 valence electrons. The third kappa shape index (κ3) is 4.72. The maximum absolute atomic E-state index is 14.8. The number of nitrogens with one attached hydrogen (secondary N) is 2. The molecule has 0 radical (unpaired) electrons. The maximum Gasteiger partial charge on any atom is 0.319 e. The Kier molecular flexibility index (Phi) is 6.07. The minimum atomic E-state index is -0.696. The molecule has 6 rings (SSSR count). The molecule has 3 heterocycles. The molecule has 1 fully saturated rings. The van der Waals surface area contributed by atoms with Crippen LogP contribution in [0.3, 0.4) is 0 Å². The highest BCUT2D eigenvalue weighted by atomic mass is 19.1. The minimum absolute atomic E-state index is 0.142. The van der Waals surface area contributed by atoms with Gasteiger partial charge in [0.2, 0.25) is 0 Å². The first-order valence-corrected chi connectivity index (χ1v) is 12.4. The number of nitrogens with zero attached hydrogens (tertiary/aromatic N) is 5. The molecule has 0 aliphatic heterocycles. The van der Waals surface area contributed by atoms with Crippen LogP contribution < -0.4 is 10.6 Å². The Bertz CT molecular complexity index is 1650. The Hall–Kier alpha value is -4.60. The van der Waals surface area contributed by atoms with E-state index in [-0.39, 0.29) is 17.6 Å². The van der Waals surface area contributed by atoms with E-state index < -0.39 is 11.6 Å². The van der Waals surface area contributed by atoms with Crippen molar-refractivity contribution in [2.24, 2.45) is 7.05 Å². The molecule has 1 aliphatic carbocycles. The first-order valence-electron chi connectivity index (χ1n) is 12.4. The molecule has 0 bridgehead atoms. The molecule has 3 aromatic heterocycles. The summed E-state index contributed by atoms with van der Waals surface area (Å²) >= 11 is 0. The van der Waals surface area contributed by atoms with Crippen LogP contribution in [0.5, 0.6) is 0 Å². The highest BCUT2D eigenvalue weighted by Gasteiger charge is 2.18. The number of aromatic nitrogens is 5. The predicted molar refractivity (Wildman–Crippen MR) is 141 cm³/mol. The van der Waals surface area contributed by atoms with E-state index in [2.05, 4.69) is 25.7 Å². The number of halogens is 2. The van der Waals surface area contributed by atoms with Crippen LogP contribution in [0.1, 0.15) is 25.7 Å². The number of imidazole rings is 1. The van der Waals surface area contributed by atoms with Crippen molar-refractivity contribution in [3.05, 3.63) is 79.0 Å². The van der Waals surface area contributed by atoms with Crippen LogP contribution in [0.4, 0.5) is 19.3 Å². The second-order valence-corrected chi connectivity index (χ2v) is 9.56. The summed E-state index contributed by atoms with van der Waals surface area (Å²) in [5, 5.41) is 10.1. The SMILES string of the molecule is Cn1cc(-c2cnc3c(c2)ncn3-c2cc(NC(=O)NC3CCCC3)cc(-c3ccc(F)cc3F)c2)cn1. The van der Waals surface area contributed by atoms with Crippen molar-refractivity contribution < 1.29 is 13.6 Å². The molecule has 2 amide bonds. The number of hydrogen-bond donors (Lipinski definition) is 2. The van der Waals surface area contributed by atoms with Crippen molar-refractivity contribution in [2.45, 2.75) is 31.7 Å². The first kappa shape index (κ1) is 23.8. The van der Waals surface area contributed by atoms with Crippen LogP contribution in [0, 0.1) is 11.6 Å². The van der Waals surface area contributed by atoms with Gasteiger partial charge >= 0.3 is 6.03 Å². The van der Waals surface area contributed by atoms with E-state index in [9.17, 15) is 13.6 Å². The van der Waals surface area contributed by atoms with Crippen molar-refractivity contribution in [3.63, 3.8) is 0 Å². The molecule has 38 heavy (non-hydrogen) atoms. The summed E-state index contributed by atoms with van der Waals surface area (Å²) in [7, 11) is 1.85. The zero-order valence-electron chi connectivity index (χ0n) is 20.7. The lowest BCUT2D eigenvalue weighted by Crippen LogP contribution is -2.36. The molecule has 0 spiro atoms. The first-order chi connectivity index (χ1) is 18.4. The van der Waals surface area contributed by atoms with Gasteiger partial charge in [-0.2, -0.15) is 5.10 Å². The summed E-state index contributed by atoms with van der Waals surface area (Å²) in [6.07, 6.45) is 11.1. The fourth-order valence-electron chi connectivity index (χ4n) is 4.94. The maximum atomic E-state index is 14.8. The molecule has 5 aromatic rings. The van der Waals surface area contributed by atoms with Crippen LogP contribution in [-0.2, 0) is 7.05 Å². The van der Waals surface area contributed by atoms with Gasteiger partial charge in [-0.3, -0.25) is 9.25 Å². The average Bonchev–Trinajstić information content (AvgIpc) is 3.64. The van der Waals surface area contributed by atoms with Gasteiger partial charge in [-0.05, 0) is 54.8 Å². The highest BCUT2D eigenvalue weighted by molar-refractivity contribution is 5.91. The largest absolute Gasteiger partial charge is 0.335 e. The van der Waals surface area contributed by atoms with Crippen LogP contribution in [0.25, 0.3) is 39.1 Å². The normalized spacial score (nSPS) is 13.8. The van der Waals surface area contributed by atoms with Crippen molar-refractivity contribution in [2.75, 3.05) is 5.32 Å². The second kappa shape index (κ2) is 9.70. The molecule has 0 saturated heterocycles. The fourth-order valence-corrected chi connectivity index (χ4v) is 4.94. The summed E-state index contributed by atoms with van der Waals surface area (Å²) < 4.78 is 31.9. The summed E-state index contributed by atoms with van der Waals surface area (Å²) in [5.41, 5.74) is 4.83. The topological polar surface area (TPSA) is 89.7 Å². The molecular formula is C28H25F2N7O. The van der Waals surface area contributed by atoms with E-state index >= 15 is 0 Å². The van der Waals surface area contributed by atoms with Gasteiger partial charge in [0.15, 0.2) is 5.65 Å². The van der Waals surface area contributed by atoms with Crippen LogP contribution in [-0.4, -0.2) is 36.4 Å². The van der Waals surface area contributed by atoms with Gasteiger partial charge in [-0.15, -0.1) is 0 Å². The number of fused-ring (bicyclic) bond motifs is 1. The van der Waals surface area contributed by atoms with Crippen molar-refractivity contribution in [3.8, 4) is 27.9 Å². The van der Waals surface area contributed by atoms with Gasteiger partial charge in [0, 0.05) is 53.9 Å². The number of rotatable bonds is 5. The third-order valence-electron chi connectivity index (χ3n) is 6.81. The predicted octanol–water partition coefficient (Wildman–Crippen LogP) is 5.83. The lowest BCUT2D eigenvalue weighted by molar-refractivity contribution is 0.248. The molecule has 0 unspecified atom stereocenters. The van der Waals surface area contributed by atoms with E-state index in [0.717, 1.165) is 42.9 Å². The smallest absolute Gasteiger partial charge is 0.319 e. The van der Waals surface area contributed by atoms with E-state index in [0.29, 0.717) is 28.1 Å². The van der Waals surface area contributed by atoms with Crippen LogP contribution in [0.2, 0.25) is 0 Å². The Balaban J connectivity index is 1.40. The number of aryl methyl sites for hydroxylation is 1. The molecular weight excluding hydrogens is 488 g/mol. The van der Waals surface area contributed by atoms with E-state index in [4.69, 9.17) is 0 Å². The number of urea groups is 1. The highest BCUT2D eigenvalue weighted by Crippen LogP contribution is 2.31. The number of carbonyl (C=O) groups is 1. The van der Waals surface area contributed by atoms with E-state index in [1.54, 1.807) is 46.2 Å². The summed E-state index contributed by atoms with van der Waals surface area (Å²) in [6.45, 7) is 0. The quantitative estimate of drug-likeness (QED) is 0.309. The monoisotopic (exact) mass is 513 g/mol. The lowest BCUT2D eigenvalue weighted by atomic mass is 10.0. The Labute approximate surface area is 217 Å². The Morgan fingerprint density at radius 2 is 1.82 bits per heavy atom. The molecule has 2 aromatic carbocycles. The molecule has 1 aliphatic rings. The van der Waals surface area contributed by atoms with Gasteiger partial charge in [0.05, 0.1) is 11.9 Å². The van der Waals surface area contributed by atoms with Gasteiger partial charge in [-0.25, -0.2) is 23.5 Å². The Morgan fingerprint density at radius 3 is 2.58 bits per heavy atom. The molecule has 2 N–H and O–H groups in total. The average molecular weight is 514 g/mol. The lowest BCUT2D eigenvalue weighted by Gasteiger charge is -2.15. The number of carbonyl (C=O) groups excluding carboxylic acids is 1. The van der Waals surface area contributed by atoms with Crippen molar-refractivity contribution >= 4 is 22.9 Å².